The number of hydrogen-bond acceptors (Lipinski definition) is 3. The number of nitrogens with one attached hydrogen (secondary N) is 1. The van der Waals surface area contributed by atoms with Gasteiger partial charge in [-0.3, -0.25) is 4.90 Å². The van der Waals surface area contributed by atoms with Gasteiger partial charge >= 0.3 is 0 Å². The van der Waals surface area contributed by atoms with Gasteiger partial charge in [-0.2, -0.15) is 0 Å². The predicted molar refractivity (Wildman–Crippen MR) is 71.4 cm³/mol. The number of aryl methyl sites for hydroxylation is 1. The Labute approximate surface area is 106 Å². The molecule has 4 heteroatoms. The summed E-state index contributed by atoms with van der Waals surface area (Å²) in [5, 5.41) is 4.21. The zero-order valence-electron chi connectivity index (χ0n) is 9.50. The molecule has 2 rings (SSSR count). The molecule has 1 aromatic carbocycles. The molecule has 1 fully saturated rings. The van der Waals surface area contributed by atoms with E-state index in [1.807, 2.05) is 17.8 Å². The Kier molecular flexibility index (Phi) is 4.53. The molecule has 0 atom stereocenters. The average molecular weight is 257 g/mol. The maximum absolute atomic E-state index is 6.00. The van der Waals surface area contributed by atoms with Crippen LogP contribution in [0.4, 0.5) is 0 Å². The Morgan fingerprint density at radius 3 is 2.81 bits per heavy atom. The molecule has 0 bridgehead atoms. The SMILES string of the molecule is Cc1cc(SCN2CCNCC2)ccc1Cl. The number of halogens is 1. The highest BCUT2D eigenvalue weighted by Gasteiger charge is 2.09. The second-order valence-electron chi connectivity index (χ2n) is 4.05. The molecular weight excluding hydrogens is 240 g/mol. The van der Waals surface area contributed by atoms with E-state index in [0.29, 0.717) is 0 Å². The first-order chi connectivity index (χ1) is 7.75. The molecule has 1 saturated heterocycles. The summed E-state index contributed by atoms with van der Waals surface area (Å²) in [7, 11) is 0. The van der Waals surface area contributed by atoms with Crippen molar-refractivity contribution in [3.63, 3.8) is 0 Å². The molecule has 0 aliphatic carbocycles. The van der Waals surface area contributed by atoms with Crippen LogP contribution in [0.3, 0.4) is 0 Å². The Hall–Kier alpha value is -0.220. The van der Waals surface area contributed by atoms with Gasteiger partial charge in [-0.15, -0.1) is 11.8 Å². The van der Waals surface area contributed by atoms with Gasteiger partial charge in [0.05, 0.1) is 0 Å². The number of piperazine rings is 1. The molecular formula is C12H17ClN2S. The third-order valence-corrected chi connectivity index (χ3v) is 4.26. The van der Waals surface area contributed by atoms with Crippen molar-refractivity contribution in [2.75, 3.05) is 32.1 Å². The first kappa shape index (κ1) is 12.2. The summed E-state index contributed by atoms with van der Waals surface area (Å²) in [5.74, 6) is 1.07. The number of benzene rings is 1. The zero-order valence-corrected chi connectivity index (χ0v) is 11.1. The van der Waals surface area contributed by atoms with E-state index in [2.05, 4.69) is 29.3 Å². The van der Waals surface area contributed by atoms with Crippen molar-refractivity contribution in [2.24, 2.45) is 0 Å². The van der Waals surface area contributed by atoms with Crippen LogP contribution in [-0.4, -0.2) is 37.0 Å². The van der Waals surface area contributed by atoms with Crippen LogP contribution in [0, 0.1) is 6.92 Å². The molecule has 0 amide bonds. The molecule has 1 heterocycles. The summed E-state index contributed by atoms with van der Waals surface area (Å²) in [4.78, 5) is 3.78. The fourth-order valence-corrected chi connectivity index (χ4v) is 2.84. The van der Waals surface area contributed by atoms with Crippen LogP contribution < -0.4 is 5.32 Å². The lowest BCUT2D eigenvalue weighted by Crippen LogP contribution is -2.43. The van der Waals surface area contributed by atoms with Gasteiger partial charge in [0.25, 0.3) is 0 Å². The largest absolute Gasteiger partial charge is 0.314 e. The standard InChI is InChI=1S/C12H17ClN2S/c1-10-8-11(2-3-12(10)13)16-9-15-6-4-14-5-7-15/h2-3,8,14H,4-7,9H2,1H3. The third-order valence-electron chi connectivity index (χ3n) is 2.75. The van der Waals surface area contributed by atoms with Crippen molar-refractivity contribution in [1.82, 2.24) is 10.2 Å². The molecule has 88 valence electrons. The van der Waals surface area contributed by atoms with E-state index < -0.39 is 0 Å². The van der Waals surface area contributed by atoms with Crippen LogP contribution in [0.15, 0.2) is 23.1 Å². The molecule has 0 unspecified atom stereocenters. The molecule has 1 aliphatic rings. The van der Waals surface area contributed by atoms with E-state index in [0.717, 1.165) is 42.6 Å². The van der Waals surface area contributed by atoms with E-state index in [1.54, 1.807) is 0 Å². The van der Waals surface area contributed by atoms with Gasteiger partial charge in [-0.1, -0.05) is 11.6 Å². The molecule has 0 saturated carbocycles. The quantitative estimate of drug-likeness (QED) is 0.837. The summed E-state index contributed by atoms with van der Waals surface area (Å²) in [6.45, 7) is 6.58. The monoisotopic (exact) mass is 256 g/mol. The molecule has 1 aromatic rings. The fourth-order valence-electron chi connectivity index (χ4n) is 1.71. The van der Waals surface area contributed by atoms with Crippen molar-refractivity contribution in [1.29, 1.82) is 0 Å². The molecule has 0 radical (unpaired) electrons. The predicted octanol–water partition coefficient (Wildman–Crippen LogP) is 2.60. The zero-order chi connectivity index (χ0) is 11.4. The number of thioether (sulfide) groups is 1. The maximum atomic E-state index is 6.00. The highest BCUT2D eigenvalue weighted by molar-refractivity contribution is 7.99. The van der Waals surface area contributed by atoms with Crippen LogP contribution in [0.25, 0.3) is 0 Å². The Balaban J connectivity index is 1.86. The van der Waals surface area contributed by atoms with E-state index in [-0.39, 0.29) is 0 Å². The van der Waals surface area contributed by atoms with E-state index in [1.165, 1.54) is 4.90 Å². The highest BCUT2D eigenvalue weighted by atomic mass is 35.5. The molecule has 1 N–H and O–H groups in total. The lowest BCUT2D eigenvalue weighted by molar-refractivity contribution is 0.280. The van der Waals surface area contributed by atoms with Crippen molar-refractivity contribution in [3.05, 3.63) is 28.8 Å². The first-order valence-corrected chi connectivity index (χ1v) is 6.94. The summed E-state index contributed by atoms with van der Waals surface area (Å²) in [5.41, 5.74) is 1.16. The Bertz CT molecular complexity index is 351. The summed E-state index contributed by atoms with van der Waals surface area (Å²) < 4.78 is 0. The Morgan fingerprint density at radius 2 is 2.12 bits per heavy atom. The number of hydrogen-bond donors (Lipinski definition) is 1. The van der Waals surface area contributed by atoms with Gasteiger partial charge < -0.3 is 5.32 Å². The minimum atomic E-state index is 0.853. The lowest BCUT2D eigenvalue weighted by atomic mass is 10.2. The van der Waals surface area contributed by atoms with Crippen LogP contribution in [0.2, 0.25) is 5.02 Å². The van der Waals surface area contributed by atoms with Gasteiger partial charge in [0, 0.05) is 42.0 Å². The van der Waals surface area contributed by atoms with Crippen molar-refractivity contribution >= 4 is 23.4 Å². The minimum Gasteiger partial charge on any atom is -0.314 e. The molecule has 2 nitrogen and oxygen atoms in total. The molecule has 1 aliphatic heterocycles. The topological polar surface area (TPSA) is 15.3 Å². The molecule has 0 aromatic heterocycles. The third kappa shape index (κ3) is 3.39. The van der Waals surface area contributed by atoms with Crippen molar-refractivity contribution in [2.45, 2.75) is 11.8 Å². The fraction of sp³-hybridized carbons (Fsp3) is 0.500. The molecule has 16 heavy (non-hydrogen) atoms. The smallest absolute Gasteiger partial charge is 0.0492 e. The van der Waals surface area contributed by atoms with Crippen LogP contribution in [-0.2, 0) is 0 Å². The van der Waals surface area contributed by atoms with Gasteiger partial charge in [-0.05, 0) is 30.7 Å². The van der Waals surface area contributed by atoms with Crippen molar-refractivity contribution in [3.8, 4) is 0 Å². The normalized spacial score (nSPS) is 17.6. The Morgan fingerprint density at radius 1 is 1.38 bits per heavy atom. The van der Waals surface area contributed by atoms with Crippen LogP contribution in [0.1, 0.15) is 5.56 Å². The van der Waals surface area contributed by atoms with Crippen LogP contribution in [0.5, 0.6) is 0 Å². The van der Waals surface area contributed by atoms with E-state index in [4.69, 9.17) is 11.6 Å². The minimum absolute atomic E-state index is 0.853. The number of rotatable bonds is 3. The highest BCUT2D eigenvalue weighted by Crippen LogP contribution is 2.24. The summed E-state index contributed by atoms with van der Waals surface area (Å²) in [6.07, 6.45) is 0. The average Bonchev–Trinajstić information content (AvgIpc) is 2.32. The maximum Gasteiger partial charge on any atom is 0.0492 e. The van der Waals surface area contributed by atoms with Gasteiger partial charge in [0.2, 0.25) is 0 Å². The van der Waals surface area contributed by atoms with Crippen molar-refractivity contribution < 1.29 is 0 Å². The second kappa shape index (κ2) is 5.92. The van der Waals surface area contributed by atoms with Gasteiger partial charge in [0.15, 0.2) is 0 Å². The lowest BCUT2D eigenvalue weighted by Gasteiger charge is -2.26. The summed E-state index contributed by atoms with van der Waals surface area (Å²) in [6, 6.07) is 6.24. The number of nitrogens with zero attached hydrogens (tertiary/aromatic N) is 1. The van der Waals surface area contributed by atoms with Crippen LogP contribution >= 0.6 is 23.4 Å². The molecule has 0 spiro atoms. The van der Waals surface area contributed by atoms with Gasteiger partial charge in [-0.25, -0.2) is 0 Å². The van der Waals surface area contributed by atoms with E-state index in [9.17, 15) is 0 Å². The van der Waals surface area contributed by atoms with Gasteiger partial charge in [0.1, 0.15) is 0 Å². The first-order valence-electron chi connectivity index (χ1n) is 5.58. The van der Waals surface area contributed by atoms with E-state index >= 15 is 0 Å². The summed E-state index contributed by atoms with van der Waals surface area (Å²) >= 11 is 7.89. The second-order valence-corrected chi connectivity index (χ2v) is 5.48.